The summed E-state index contributed by atoms with van der Waals surface area (Å²) >= 11 is 0. The number of fused-ring (bicyclic) bond motifs is 1. The summed E-state index contributed by atoms with van der Waals surface area (Å²) in [5.41, 5.74) is 2.56. The molecule has 0 unspecified atom stereocenters. The third-order valence-corrected chi connectivity index (χ3v) is 4.34. The van der Waals surface area contributed by atoms with Crippen molar-refractivity contribution in [2.24, 2.45) is 0 Å². The zero-order chi connectivity index (χ0) is 16.4. The molecule has 1 fully saturated rings. The summed E-state index contributed by atoms with van der Waals surface area (Å²) in [4.78, 5) is 18.1. The minimum Gasteiger partial charge on any atom is -0.373 e. The molecule has 1 N–H and O–H groups in total. The zero-order valence-corrected chi connectivity index (χ0v) is 13.2. The maximum atomic E-state index is 12.9. The molecule has 0 bridgehead atoms. The van der Waals surface area contributed by atoms with Gasteiger partial charge in [0.15, 0.2) is 11.5 Å². The molecular weight excluding hydrogens is 309 g/mol. The van der Waals surface area contributed by atoms with Gasteiger partial charge in [-0.3, -0.25) is 0 Å². The second-order valence-electron chi connectivity index (χ2n) is 5.92. The smallest absolute Gasteiger partial charge is 0.182 e. The molecule has 3 heterocycles. The molecule has 0 radical (unpaired) electrons. The van der Waals surface area contributed by atoms with E-state index in [2.05, 4.69) is 24.8 Å². The molecule has 1 aromatic carbocycles. The Morgan fingerprint density at radius 3 is 2.71 bits per heavy atom. The van der Waals surface area contributed by atoms with Crippen LogP contribution in [0.2, 0.25) is 0 Å². The summed E-state index contributed by atoms with van der Waals surface area (Å²) in [5, 5.41) is 0. The highest BCUT2D eigenvalue weighted by Gasteiger charge is 2.22. The van der Waals surface area contributed by atoms with Crippen LogP contribution in [0.5, 0.6) is 0 Å². The average Bonchev–Trinajstić information content (AvgIpc) is 3.10. The van der Waals surface area contributed by atoms with Crippen LogP contribution in [0, 0.1) is 5.82 Å². The molecule has 124 valence electrons. The average molecular weight is 327 g/mol. The maximum Gasteiger partial charge on any atom is 0.182 e. The van der Waals surface area contributed by atoms with Crippen molar-refractivity contribution in [3.05, 3.63) is 48.3 Å². The summed E-state index contributed by atoms with van der Waals surface area (Å²) in [7, 11) is 0. The van der Waals surface area contributed by atoms with Crippen molar-refractivity contribution in [3.8, 4) is 0 Å². The number of aromatic amines is 1. The molecule has 4 rings (SSSR count). The van der Waals surface area contributed by atoms with Gasteiger partial charge in [-0.05, 0) is 30.5 Å². The van der Waals surface area contributed by atoms with Gasteiger partial charge in [0, 0.05) is 13.1 Å². The quantitative estimate of drug-likeness (QED) is 0.798. The van der Waals surface area contributed by atoms with E-state index in [1.54, 1.807) is 24.8 Å². The van der Waals surface area contributed by atoms with Crippen LogP contribution in [0.1, 0.15) is 18.4 Å². The van der Waals surface area contributed by atoms with E-state index in [1.165, 1.54) is 12.1 Å². The topological polar surface area (TPSA) is 66.9 Å². The van der Waals surface area contributed by atoms with E-state index >= 15 is 0 Å². The molecule has 0 amide bonds. The monoisotopic (exact) mass is 327 g/mol. The second-order valence-corrected chi connectivity index (χ2v) is 5.92. The number of H-pyrrole nitrogens is 1. The second kappa shape index (κ2) is 6.52. The van der Waals surface area contributed by atoms with Crippen molar-refractivity contribution in [2.45, 2.75) is 25.6 Å². The third-order valence-electron chi connectivity index (χ3n) is 4.34. The van der Waals surface area contributed by atoms with Crippen molar-refractivity contribution < 1.29 is 9.13 Å². The standard InChI is InChI=1S/C17H18FN5O/c18-13-3-1-12(2-4-13)9-24-14-5-7-23(8-6-14)17-15-16(20-10-19-15)21-11-22-17/h1-4,10-11,14H,5-9H2,(H,19,20,21,22). The summed E-state index contributed by atoms with van der Waals surface area (Å²) in [6.07, 6.45) is 5.27. The third kappa shape index (κ3) is 3.07. The Kier molecular flexibility index (Phi) is 4.08. The number of piperidine rings is 1. The van der Waals surface area contributed by atoms with Gasteiger partial charge >= 0.3 is 0 Å². The Bertz CT molecular complexity index is 811. The number of halogens is 1. The molecule has 3 aromatic rings. The highest BCUT2D eigenvalue weighted by molar-refractivity contribution is 5.82. The van der Waals surface area contributed by atoms with Crippen LogP contribution in [0.3, 0.4) is 0 Å². The van der Waals surface area contributed by atoms with Crippen LogP contribution in [0.15, 0.2) is 36.9 Å². The zero-order valence-electron chi connectivity index (χ0n) is 13.2. The molecule has 0 atom stereocenters. The Hall–Kier alpha value is -2.54. The molecule has 1 aliphatic heterocycles. The van der Waals surface area contributed by atoms with Crippen LogP contribution < -0.4 is 4.90 Å². The molecule has 0 spiro atoms. The lowest BCUT2D eigenvalue weighted by Crippen LogP contribution is -2.37. The highest BCUT2D eigenvalue weighted by atomic mass is 19.1. The lowest BCUT2D eigenvalue weighted by Gasteiger charge is -2.32. The van der Waals surface area contributed by atoms with Crippen molar-refractivity contribution >= 4 is 17.0 Å². The lowest BCUT2D eigenvalue weighted by molar-refractivity contribution is 0.0250. The Morgan fingerprint density at radius 2 is 1.92 bits per heavy atom. The number of nitrogens with one attached hydrogen (secondary N) is 1. The first-order chi connectivity index (χ1) is 11.8. The predicted molar refractivity (Wildman–Crippen MR) is 88.1 cm³/mol. The summed E-state index contributed by atoms with van der Waals surface area (Å²) in [5.74, 6) is 0.677. The molecule has 7 heteroatoms. The van der Waals surface area contributed by atoms with Gasteiger partial charge in [-0.2, -0.15) is 0 Å². The van der Waals surface area contributed by atoms with Crippen molar-refractivity contribution in [1.29, 1.82) is 0 Å². The fourth-order valence-electron chi connectivity index (χ4n) is 3.02. The number of imidazole rings is 1. The van der Waals surface area contributed by atoms with Crippen LogP contribution >= 0.6 is 0 Å². The molecule has 1 saturated heterocycles. The Labute approximate surface area is 138 Å². The number of benzene rings is 1. The number of anilines is 1. The predicted octanol–water partition coefficient (Wildman–Crippen LogP) is 2.68. The first-order valence-corrected chi connectivity index (χ1v) is 8.04. The summed E-state index contributed by atoms with van der Waals surface area (Å²) in [6, 6.07) is 6.46. The minimum atomic E-state index is -0.220. The van der Waals surface area contributed by atoms with Crippen LogP contribution in [0.4, 0.5) is 10.2 Å². The maximum absolute atomic E-state index is 12.9. The van der Waals surface area contributed by atoms with E-state index in [0.717, 1.165) is 42.8 Å². The highest BCUT2D eigenvalue weighted by Crippen LogP contribution is 2.24. The van der Waals surface area contributed by atoms with Gasteiger partial charge in [-0.15, -0.1) is 0 Å². The van der Waals surface area contributed by atoms with Gasteiger partial charge in [-0.1, -0.05) is 12.1 Å². The lowest BCUT2D eigenvalue weighted by atomic mass is 10.1. The van der Waals surface area contributed by atoms with E-state index < -0.39 is 0 Å². The number of rotatable bonds is 4. The van der Waals surface area contributed by atoms with Crippen LogP contribution in [-0.2, 0) is 11.3 Å². The number of hydrogen-bond donors (Lipinski definition) is 1. The SMILES string of the molecule is Fc1ccc(COC2CCN(c3ncnc4nc[nH]c34)CC2)cc1. The molecule has 0 aliphatic carbocycles. The van der Waals surface area contributed by atoms with Crippen molar-refractivity contribution in [1.82, 2.24) is 19.9 Å². The molecule has 1 aliphatic rings. The van der Waals surface area contributed by atoms with E-state index in [1.807, 2.05) is 0 Å². The van der Waals surface area contributed by atoms with E-state index in [0.29, 0.717) is 12.3 Å². The van der Waals surface area contributed by atoms with Gasteiger partial charge in [-0.25, -0.2) is 19.3 Å². The van der Waals surface area contributed by atoms with E-state index in [4.69, 9.17) is 4.74 Å². The molecule has 6 nitrogen and oxygen atoms in total. The van der Waals surface area contributed by atoms with Gasteiger partial charge < -0.3 is 14.6 Å². The molecule has 0 saturated carbocycles. The van der Waals surface area contributed by atoms with Gasteiger partial charge in [0.05, 0.1) is 19.0 Å². The van der Waals surface area contributed by atoms with E-state index in [9.17, 15) is 4.39 Å². The van der Waals surface area contributed by atoms with E-state index in [-0.39, 0.29) is 11.9 Å². The Balaban J connectivity index is 1.35. The molecule has 2 aromatic heterocycles. The largest absolute Gasteiger partial charge is 0.373 e. The first kappa shape index (κ1) is 15.0. The van der Waals surface area contributed by atoms with Crippen molar-refractivity contribution in [2.75, 3.05) is 18.0 Å². The normalized spacial score (nSPS) is 16.0. The van der Waals surface area contributed by atoms with Crippen LogP contribution in [-0.4, -0.2) is 39.1 Å². The molecular formula is C17H18FN5O. The van der Waals surface area contributed by atoms with Crippen molar-refractivity contribution in [3.63, 3.8) is 0 Å². The van der Waals surface area contributed by atoms with Gasteiger partial charge in [0.2, 0.25) is 0 Å². The number of nitrogens with zero attached hydrogens (tertiary/aromatic N) is 4. The first-order valence-electron chi connectivity index (χ1n) is 8.04. The Morgan fingerprint density at radius 1 is 1.12 bits per heavy atom. The molecule has 24 heavy (non-hydrogen) atoms. The minimum absolute atomic E-state index is 0.213. The van der Waals surface area contributed by atoms with Gasteiger partial charge in [0.25, 0.3) is 0 Å². The number of aromatic nitrogens is 4. The fourth-order valence-corrected chi connectivity index (χ4v) is 3.02. The summed E-state index contributed by atoms with van der Waals surface area (Å²) < 4.78 is 18.9. The van der Waals surface area contributed by atoms with Crippen LogP contribution in [0.25, 0.3) is 11.2 Å². The van der Waals surface area contributed by atoms with Gasteiger partial charge in [0.1, 0.15) is 17.7 Å². The fraction of sp³-hybridized carbons (Fsp3) is 0.353. The number of hydrogen-bond acceptors (Lipinski definition) is 5. The number of ether oxygens (including phenoxy) is 1. The summed E-state index contributed by atoms with van der Waals surface area (Å²) in [6.45, 7) is 2.27.